The minimum atomic E-state index is 0.0965. The summed E-state index contributed by atoms with van der Waals surface area (Å²) in [5.74, 6) is 0. The average Bonchev–Trinajstić information content (AvgIpc) is 2.32. The van der Waals surface area contributed by atoms with Crippen LogP contribution in [-0.2, 0) is 4.74 Å². The van der Waals surface area contributed by atoms with Crippen molar-refractivity contribution in [3.05, 3.63) is 0 Å². The first-order valence-corrected chi connectivity index (χ1v) is 4.30. The van der Waals surface area contributed by atoms with E-state index in [0.717, 1.165) is 12.8 Å². The summed E-state index contributed by atoms with van der Waals surface area (Å²) in [4.78, 5) is 0. The van der Waals surface area contributed by atoms with Gasteiger partial charge in [0, 0.05) is 0 Å². The molecule has 0 bridgehead atoms. The monoisotopic (exact) mass is 158 g/mol. The fourth-order valence-electron chi connectivity index (χ4n) is 1.48. The van der Waals surface area contributed by atoms with Crippen LogP contribution in [0.5, 0.6) is 0 Å². The summed E-state index contributed by atoms with van der Waals surface area (Å²) in [5, 5.41) is 8.82. The molecule has 11 heavy (non-hydrogen) atoms. The van der Waals surface area contributed by atoms with E-state index in [-0.39, 0.29) is 18.1 Å². The van der Waals surface area contributed by atoms with Crippen molar-refractivity contribution in [3.8, 4) is 0 Å². The number of hydrogen-bond donors (Lipinski definition) is 1. The largest absolute Gasteiger partial charge is 0.394 e. The van der Waals surface area contributed by atoms with Crippen molar-refractivity contribution in [1.29, 1.82) is 0 Å². The first kappa shape index (κ1) is 9.01. The first-order valence-electron chi connectivity index (χ1n) is 4.30. The van der Waals surface area contributed by atoms with Gasteiger partial charge < -0.3 is 9.84 Å². The second-order valence-corrected chi connectivity index (χ2v) is 4.37. The van der Waals surface area contributed by atoms with Crippen LogP contribution in [0.3, 0.4) is 0 Å². The number of rotatable bonds is 1. The molecule has 1 aliphatic rings. The Hall–Kier alpha value is -0.0800. The fourth-order valence-corrected chi connectivity index (χ4v) is 1.48. The molecule has 0 aromatic heterocycles. The number of aliphatic hydroxyl groups excluding tert-OH is 1. The van der Waals surface area contributed by atoms with E-state index in [2.05, 4.69) is 20.8 Å². The highest BCUT2D eigenvalue weighted by Gasteiger charge is 2.33. The molecule has 1 N–H and O–H groups in total. The highest BCUT2D eigenvalue weighted by molar-refractivity contribution is 4.82. The van der Waals surface area contributed by atoms with E-state index >= 15 is 0 Å². The molecule has 1 aliphatic heterocycles. The number of aliphatic hydroxyl groups is 1. The molecular formula is C9H18O2. The van der Waals surface area contributed by atoms with Gasteiger partial charge in [-0.2, -0.15) is 0 Å². The van der Waals surface area contributed by atoms with Gasteiger partial charge in [-0.1, -0.05) is 20.8 Å². The summed E-state index contributed by atoms with van der Waals surface area (Å²) < 4.78 is 5.62. The Kier molecular flexibility index (Phi) is 2.55. The van der Waals surface area contributed by atoms with Crippen LogP contribution in [0.15, 0.2) is 0 Å². The van der Waals surface area contributed by atoms with Crippen LogP contribution in [0.25, 0.3) is 0 Å². The Morgan fingerprint density at radius 2 is 2.00 bits per heavy atom. The van der Waals surface area contributed by atoms with Gasteiger partial charge in [0.15, 0.2) is 0 Å². The Morgan fingerprint density at radius 1 is 1.36 bits per heavy atom. The van der Waals surface area contributed by atoms with Crippen LogP contribution in [-0.4, -0.2) is 23.9 Å². The lowest BCUT2D eigenvalue weighted by atomic mass is 9.87. The molecule has 1 saturated heterocycles. The molecule has 2 atom stereocenters. The van der Waals surface area contributed by atoms with E-state index < -0.39 is 0 Å². The van der Waals surface area contributed by atoms with E-state index in [1.165, 1.54) is 0 Å². The van der Waals surface area contributed by atoms with Crippen LogP contribution < -0.4 is 0 Å². The summed E-state index contributed by atoms with van der Waals surface area (Å²) >= 11 is 0. The third kappa shape index (κ3) is 2.17. The van der Waals surface area contributed by atoms with E-state index in [9.17, 15) is 0 Å². The van der Waals surface area contributed by atoms with Crippen molar-refractivity contribution in [1.82, 2.24) is 0 Å². The Morgan fingerprint density at radius 3 is 2.27 bits per heavy atom. The highest BCUT2D eigenvalue weighted by atomic mass is 16.5. The second kappa shape index (κ2) is 3.11. The molecule has 2 unspecified atom stereocenters. The second-order valence-electron chi connectivity index (χ2n) is 4.37. The van der Waals surface area contributed by atoms with Crippen molar-refractivity contribution in [2.24, 2.45) is 5.41 Å². The van der Waals surface area contributed by atoms with E-state index in [1.807, 2.05) is 0 Å². The molecule has 2 heteroatoms. The zero-order valence-corrected chi connectivity index (χ0v) is 7.63. The molecule has 0 saturated carbocycles. The minimum Gasteiger partial charge on any atom is -0.394 e. The lowest BCUT2D eigenvalue weighted by molar-refractivity contribution is -0.0352. The summed E-state index contributed by atoms with van der Waals surface area (Å²) in [5.41, 5.74) is 0.226. The molecule has 1 rings (SSSR count). The molecule has 0 aliphatic carbocycles. The lowest BCUT2D eigenvalue weighted by Gasteiger charge is -2.26. The van der Waals surface area contributed by atoms with Crippen LogP contribution in [0, 0.1) is 5.41 Å². The maximum absolute atomic E-state index is 8.82. The summed E-state index contributed by atoms with van der Waals surface area (Å²) in [6, 6.07) is 0. The molecule has 1 heterocycles. The Balaban J connectivity index is 2.42. The van der Waals surface area contributed by atoms with Crippen LogP contribution in [0.4, 0.5) is 0 Å². The molecule has 66 valence electrons. The van der Waals surface area contributed by atoms with Crippen molar-refractivity contribution in [2.75, 3.05) is 6.61 Å². The highest BCUT2D eigenvalue weighted by Crippen LogP contribution is 2.32. The van der Waals surface area contributed by atoms with Gasteiger partial charge >= 0.3 is 0 Å². The zero-order valence-electron chi connectivity index (χ0n) is 7.63. The Labute approximate surface area is 68.6 Å². The van der Waals surface area contributed by atoms with Gasteiger partial charge in [-0.15, -0.1) is 0 Å². The zero-order chi connectivity index (χ0) is 8.48. The normalized spacial score (nSPS) is 32.7. The summed E-state index contributed by atoms with van der Waals surface area (Å²) in [6.07, 6.45) is 2.53. The van der Waals surface area contributed by atoms with Crippen LogP contribution >= 0.6 is 0 Å². The predicted molar refractivity (Wildman–Crippen MR) is 44.4 cm³/mol. The number of ether oxygens (including phenoxy) is 1. The summed E-state index contributed by atoms with van der Waals surface area (Å²) in [6.45, 7) is 6.71. The fraction of sp³-hybridized carbons (Fsp3) is 1.00. The number of hydrogen-bond acceptors (Lipinski definition) is 2. The maximum atomic E-state index is 8.82. The molecule has 2 nitrogen and oxygen atoms in total. The smallest absolute Gasteiger partial charge is 0.0810 e. The Bertz CT molecular complexity index is 126. The molecule has 1 fully saturated rings. The van der Waals surface area contributed by atoms with Gasteiger partial charge in [-0.05, 0) is 18.3 Å². The predicted octanol–water partition coefficient (Wildman–Crippen LogP) is 1.57. The van der Waals surface area contributed by atoms with Crippen molar-refractivity contribution in [2.45, 2.75) is 45.8 Å². The third-order valence-corrected chi connectivity index (χ3v) is 2.28. The lowest BCUT2D eigenvalue weighted by Crippen LogP contribution is -2.27. The first-order chi connectivity index (χ1) is 5.04. The van der Waals surface area contributed by atoms with Crippen molar-refractivity contribution >= 4 is 0 Å². The molecule has 0 aromatic rings. The van der Waals surface area contributed by atoms with Gasteiger partial charge in [0.25, 0.3) is 0 Å². The van der Waals surface area contributed by atoms with Gasteiger partial charge in [0.05, 0.1) is 18.8 Å². The SMILES string of the molecule is CC(C)(C)C1CCC(CO)O1. The van der Waals surface area contributed by atoms with E-state index in [0.29, 0.717) is 6.10 Å². The third-order valence-electron chi connectivity index (χ3n) is 2.28. The van der Waals surface area contributed by atoms with E-state index in [4.69, 9.17) is 9.84 Å². The van der Waals surface area contributed by atoms with Gasteiger partial charge in [-0.25, -0.2) is 0 Å². The van der Waals surface area contributed by atoms with Crippen LogP contribution in [0.2, 0.25) is 0 Å². The molecule has 0 aromatic carbocycles. The molecule has 0 amide bonds. The average molecular weight is 158 g/mol. The van der Waals surface area contributed by atoms with E-state index in [1.54, 1.807) is 0 Å². The standard InChI is InChI=1S/C9H18O2/c1-9(2,3)8-5-4-7(6-10)11-8/h7-8,10H,4-6H2,1-3H3. The molecular weight excluding hydrogens is 140 g/mol. The van der Waals surface area contributed by atoms with Gasteiger partial charge in [0.1, 0.15) is 0 Å². The maximum Gasteiger partial charge on any atom is 0.0810 e. The topological polar surface area (TPSA) is 29.5 Å². The van der Waals surface area contributed by atoms with Crippen LogP contribution in [0.1, 0.15) is 33.6 Å². The summed E-state index contributed by atoms with van der Waals surface area (Å²) in [7, 11) is 0. The van der Waals surface area contributed by atoms with Gasteiger partial charge in [0.2, 0.25) is 0 Å². The molecule has 0 radical (unpaired) electrons. The minimum absolute atomic E-state index is 0.0965. The van der Waals surface area contributed by atoms with Gasteiger partial charge in [-0.3, -0.25) is 0 Å². The van der Waals surface area contributed by atoms with Crippen molar-refractivity contribution in [3.63, 3.8) is 0 Å². The molecule has 0 spiro atoms. The van der Waals surface area contributed by atoms with Crippen molar-refractivity contribution < 1.29 is 9.84 Å². The quantitative estimate of drug-likeness (QED) is 0.627.